The molecule has 1 heterocycles. The molecule has 356 valence electrons. The van der Waals surface area contributed by atoms with Crippen molar-refractivity contribution in [3.05, 3.63) is 62.1 Å². The van der Waals surface area contributed by atoms with E-state index in [0.29, 0.717) is 84.3 Å². The first-order valence-electron chi connectivity index (χ1n) is 20.2. The van der Waals surface area contributed by atoms with Crippen molar-refractivity contribution in [2.75, 3.05) is 54.4 Å². The van der Waals surface area contributed by atoms with Gasteiger partial charge in [-0.3, -0.25) is 0 Å². The van der Waals surface area contributed by atoms with Crippen LogP contribution in [-0.4, -0.2) is 131 Å². The predicted molar refractivity (Wildman–Crippen MR) is 249 cm³/mol. The Bertz CT molecular complexity index is 2400. The quantitative estimate of drug-likeness (QED) is 0.0184. The molecular weight excluding hydrogens is 902 g/mol. The van der Waals surface area contributed by atoms with Gasteiger partial charge in [0.2, 0.25) is 0 Å². The summed E-state index contributed by atoms with van der Waals surface area (Å²) in [5, 5.41) is 8.82. The molecule has 8 N–H and O–H groups in total. The van der Waals surface area contributed by atoms with E-state index >= 15 is 0 Å². The van der Waals surface area contributed by atoms with Gasteiger partial charge in [0.1, 0.15) is 11.5 Å². The minimum absolute atomic E-state index is 0.0130. The van der Waals surface area contributed by atoms with E-state index in [9.17, 15) is 35.8 Å². The summed E-state index contributed by atoms with van der Waals surface area (Å²) in [5.74, 6) is 0.168. The van der Waals surface area contributed by atoms with Crippen molar-refractivity contribution >= 4 is 69.3 Å². The number of hydrogen-bond acceptors (Lipinski definition) is 17. The zero-order chi connectivity index (χ0) is 49.1. The molecule has 0 aliphatic rings. The molecule has 65 heavy (non-hydrogen) atoms. The normalized spacial score (nSPS) is 12.8. The van der Waals surface area contributed by atoms with Crippen LogP contribution in [0.1, 0.15) is 68.9 Å². The van der Waals surface area contributed by atoms with E-state index < -0.39 is 32.1 Å². The average molecular weight is 963 g/mol. The fraction of sp³-hybridized carbons (Fsp3) is 0.513. The number of aromatic nitrogens is 1. The van der Waals surface area contributed by atoms with Crippen molar-refractivity contribution < 1.29 is 50.1 Å². The van der Waals surface area contributed by atoms with Gasteiger partial charge in [-0.1, -0.05) is 0 Å². The summed E-state index contributed by atoms with van der Waals surface area (Å²) in [6.07, 6.45) is 3.18. The molecule has 0 saturated heterocycles. The molecule has 3 rings (SSSR count). The molecule has 0 fully saturated rings. The van der Waals surface area contributed by atoms with Crippen LogP contribution in [-0.2, 0) is 39.1 Å². The number of benzene rings is 2. The summed E-state index contributed by atoms with van der Waals surface area (Å²) in [6, 6.07) is 2.08. The number of sulfonamides is 2. The number of nitrogens with zero attached hydrogens (tertiary/aromatic N) is 4. The molecule has 0 bridgehead atoms. The fourth-order valence-electron chi connectivity index (χ4n) is 6.55. The number of aryl methyl sites for hydroxylation is 2. The van der Waals surface area contributed by atoms with Gasteiger partial charge in [-0.2, -0.15) is 0 Å². The van der Waals surface area contributed by atoms with E-state index in [1.54, 1.807) is 65.3 Å². The van der Waals surface area contributed by atoms with Crippen molar-refractivity contribution in [1.82, 2.24) is 30.1 Å². The molecular formula is C39H60B2N10O11S3. The first kappa shape index (κ1) is 56.0. The van der Waals surface area contributed by atoms with Crippen LogP contribution in [0.4, 0.5) is 0 Å². The molecule has 0 aliphatic carbocycles. The summed E-state index contributed by atoms with van der Waals surface area (Å²) >= 11 is 1.23. The first-order chi connectivity index (χ1) is 30.6. The van der Waals surface area contributed by atoms with E-state index in [1.165, 1.54) is 39.7 Å². The molecule has 0 aliphatic heterocycles. The summed E-state index contributed by atoms with van der Waals surface area (Å²) in [6.45, 7) is 10.7. The number of methoxy groups -OCH3 is 2. The number of carbonyl (C=O) groups excluding carboxylic acids is 2. The molecule has 2 unspecified atom stereocenters. The van der Waals surface area contributed by atoms with Gasteiger partial charge in [0.05, 0.1) is 14.2 Å². The molecule has 3 aromatic rings. The molecule has 1 amide bonds. The van der Waals surface area contributed by atoms with Gasteiger partial charge in [0.15, 0.2) is 0 Å². The second-order valence-electron chi connectivity index (χ2n) is 14.5. The number of amides is 1. The van der Waals surface area contributed by atoms with Gasteiger partial charge in [-0.15, -0.1) is 0 Å². The van der Waals surface area contributed by atoms with Gasteiger partial charge >= 0.3 is 288 Å². The number of likely N-dealkylation sites (N-methyl/N-ethyl adjacent to an activating group) is 1. The van der Waals surface area contributed by atoms with E-state index in [2.05, 4.69) is 35.0 Å². The number of ether oxygens (including phenoxy) is 2. The van der Waals surface area contributed by atoms with Crippen LogP contribution < -0.4 is 41.0 Å². The van der Waals surface area contributed by atoms with Crippen LogP contribution in [0.3, 0.4) is 0 Å². The van der Waals surface area contributed by atoms with Crippen molar-refractivity contribution in [2.45, 2.75) is 89.1 Å². The van der Waals surface area contributed by atoms with E-state index in [-0.39, 0.29) is 59.4 Å². The van der Waals surface area contributed by atoms with Crippen molar-refractivity contribution in [1.29, 1.82) is 0 Å². The Morgan fingerprint density at radius 2 is 1.18 bits per heavy atom. The van der Waals surface area contributed by atoms with Crippen molar-refractivity contribution in [3.8, 4) is 11.5 Å². The summed E-state index contributed by atoms with van der Waals surface area (Å²) in [5.41, 5.74) is 15.2. The number of nitrogens with one attached hydrogen (secondary N) is 4. The number of carbonyl (C=O) groups is 2. The standard InChI is InChI=1S/C20H28BN5O5S2.C19H32BN5O6S/c1-12-10-16(31-4)13(2)14(3)18(12)33(29,30)26-20(22)24-7-5-6-15(25-11-21-28)17(27)19-23-8-9-32-19;1-12-10-16(30-5)13(2)14(3)17(12)32(28,29)24-19(21)22-9-7-8-15(23-11-20-27)18(26)25(4)31-6/h8-10,15,25H,5-7,11H2,1-4H3,(H3,22,24,26);10,15,23H,7-9,11H2,1-6H3,(H3,21,22,24). The number of hydrogen-bond donors (Lipinski definition) is 6. The van der Waals surface area contributed by atoms with Gasteiger partial charge in [0.25, 0.3) is 0 Å². The third-order valence-electron chi connectivity index (χ3n) is 10.0. The zero-order valence-corrected chi connectivity index (χ0v) is 40.9. The van der Waals surface area contributed by atoms with Crippen LogP contribution in [0.15, 0.2) is 43.5 Å². The number of Topliss-reactive ketones (excluding diaryl/α,β-unsaturated/α-hetero) is 1. The number of ketones is 1. The monoisotopic (exact) mass is 962 g/mol. The molecule has 1 aromatic heterocycles. The molecule has 0 radical (unpaired) electrons. The minimum atomic E-state index is -3.95. The minimum Gasteiger partial charge on any atom is -0.0380 e. The Kier molecular flexibility index (Phi) is 23.0. The molecule has 2 atom stereocenters. The predicted octanol–water partition coefficient (Wildman–Crippen LogP) is 1.28. The summed E-state index contributed by atoms with van der Waals surface area (Å²) < 4.78 is 88.0. The van der Waals surface area contributed by atoms with Crippen molar-refractivity contribution in [2.24, 2.45) is 21.5 Å². The number of guanidine groups is 2. The Labute approximate surface area is 386 Å². The Balaban J connectivity index is 0.000000447. The maximum atomic E-state index is 12.9. The SMILES string of the molecule is COc1cc(C)c(S(=O)(=O)NC(N)=NCCCC(NCB=O)C(=O)N(C)OC)c(C)c1C.COc1cc(C)c(S(=O)(=O)NC(N)=NCCCC(NCB=O)C(=O)c2nccs2)c(C)c1C. The maximum absolute atomic E-state index is 12.9. The van der Waals surface area contributed by atoms with Crippen LogP contribution in [0.2, 0.25) is 0 Å². The average Bonchev–Trinajstić information content (AvgIpc) is 3.80. The zero-order valence-electron chi connectivity index (χ0n) is 38.4. The third-order valence-corrected chi connectivity index (χ3v) is 14.1. The van der Waals surface area contributed by atoms with E-state index in [4.69, 9.17) is 25.8 Å². The van der Waals surface area contributed by atoms with Gasteiger partial charge in [-0.05, 0) is 64.8 Å². The molecule has 26 heteroatoms. The second-order valence-corrected chi connectivity index (χ2v) is 18.6. The van der Waals surface area contributed by atoms with Crippen molar-refractivity contribution in [3.63, 3.8) is 0 Å². The molecule has 0 saturated carbocycles. The van der Waals surface area contributed by atoms with Crippen LogP contribution in [0, 0.1) is 41.5 Å². The smallest absolute Gasteiger partial charge is 0.0380 e. The van der Waals surface area contributed by atoms with Crippen LogP contribution in [0.5, 0.6) is 11.5 Å². The fourth-order valence-corrected chi connectivity index (χ4v) is 10.1. The Morgan fingerprint density at radius 3 is 1.57 bits per heavy atom. The Hall–Kier alpha value is -5.14. The first-order valence-corrected chi connectivity index (χ1v) is 24.0. The van der Waals surface area contributed by atoms with Gasteiger partial charge < -0.3 is 9.47 Å². The Morgan fingerprint density at radius 1 is 0.754 bits per heavy atom. The number of nitrogens with two attached hydrogens (primary N) is 2. The summed E-state index contributed by atoms with van der Waals surface area (Å²) in [4.78, 5) is 42.1. The number of aliphatic imine (C=N–C) groups is 2. The number of hydroxylamine groups is 2. The molecule has 0 spiro atoms. The van der Waals surface area contributed by atoms with Gasteiger partial charge in [-0.25, -0.2) is 0 Å². The van der Waals surface area contributed by atoms with E-state index in [1.807, 2.05) is 0 Å². The van der Waals surface area contributed by atoms with Gasteiger partial charge in [0, 0.05) is 0 Å². The van der Waals surface area contributed by atoms with E-state index in [0.717, 1.165) is 10.6 Å². The second kappa shape index (κ2) is 26.7. The van der Waals surface area contributed by atoms with Crippen LogP contribution in [0.25, 0.3) is 0 Å². The molecule has 2 aromatic carbocycles. The summed E-state index contributed by atoms with van der Waals surface area (Å²) in [7, 11) is -0.686. The van der Waals surface area contributed by atoms with Crippen LogP contribution >= 0.6 is 11.3 Å². The third kappa shape index (κ3) is 16.4. The molecule has 21 nitrogen and oxygen atoms in total. The topological polar surface area (TPSA) is 305 Å². The number of rotatable bonds is 24. The number of thiazole rings is 1.